The highest BCUT2D eigenvalue weighted by atomic mass is 16.3. The van der Waals surface area contributed by atoms with Crippen LogP contribution in [0, 0.1) is 5.92 Å². The van der Waals surface area contributed by atoms with E-state index in [0.717, 1.165) is 0 Å². The minimum atomic E-state index is -0.924. The Morgan fingerprint density at radius 1 is 0.970 bits per heavy atom. The van der Waals surface area contributed by atoms with Gasteiger partial charge in [0.2, 0.25) is 29.5 Å². The van der Waals surface area contributed by atoms with Gasteiger partial charge in [0.25, 0.3) is 0 Å². The Morgan fingerprint density at radius 2 is 1.55 bits per heavy atom. The number of carbonyl (C=O) groups is 5. The molecule has 1 fully saturated rings. The molecule has 188 valence electrons. The summed E-state index contributed by atoms with van der Waals surface area (Å²) >= 11 is 0. The third-order valence-electron chi connectivity index (χ3n) is 5.55. The number of β-amino-alcohol motifs (C(OH)–C–C–N with tert-alkyl or cyclic N) is 1. The lowest BCUT2D eigenvalue weighted by Gasteiger charge is -2.46. The Balaban J connectivity index is 2.63. The molecule has 1 unspecified atom stereocenters. The molecule has 11 heteroatoms. The van der Waals surface area contributed by atoms with Crippen molar-refractivity contribution in [3.05, 3.63) is 0 Å². The molecule has 1 aliphatic heterocycles. The van der Waals surface area contributed by atoms with Crippen molar-refractivity contribution >= 4 is 29.5 Å². The van der Waals surface area contributed by atoms with Crippen molar-refractivity contribution < 1.29 is 29.1 Å². The minimum Gasteiger partial charge on any atom is -0.389 e. The van der Waals surface area contributed by atoms with Crippen LogP contribution in [-0.2, 0) is 24.0 Å². The second-order valence-electron chi connectivity index (χ2n) is 9.30. The van der Waals surface area contributed by atoms with Gasteiger partial charge in [0, 0.05) is 34.0 Å². The first-order valence-corrected chi connectivity index (χ1v) is 11.3. The Kier molecular flexibility index (Phi) is 10.8. The topological polar surface area (TPSA) is 148 Å². The van der Waals surface area contributed by atoms with Crippen LogP contribution < -0.4 is 16.0 Å². The first-order chi connectivity index (χ1) is 15.2. The van der Waals surface area contributed by atoms with E-state index >= 15 is 0 Å². The zero-order valence-corrected chi connectivity index (χ0v) is 20.7. The highest BCUT2D eigenvalue weighted by molar-refractivity contribution is 5.94. The number of hydrogen-bond acceptors (Lipinski definition) is 6. The van der Waals surface area contributed by atoms with E-state index < -0.39 is 42.1 Å². The standard InChI is InChI=1S/C22H39N5O6/c1-12(2)10-16(25-15(5)28)21(32)23-13(3)20(31)24-14(4)22(33)27-11-18(29)17(27)8-9-19(30)26(6)7/h12-14,16-18,29H,8-11H2,1-7H3,(H,23,32)(H,24,31)(H,25,28)/t13-,14-,16-,17-,18?/m0/s1. The summed E-state index contributed by atoms with van der Waals surface area (Å²) in [5.74, 6) is -1.67. The van der Waals surface area contributed by atoms with Crippen LogP contribution in [0.2, 0.25) is 0 Å². The zero-order chi connectivity index (χ0) is 25.5. The van der Waals surface area contributed by atoms with Crippen LogP contribution in [0.3, 0.4) is 0 Å². The summed E-state index contributed by atoms with van der Waals surface area (Å²) in [5, 5.41) is 17.8. The molecule has 5 amide bonds. The minimum absolute atomic E-state index is 0.0950. The number of amides is 5. The molecule has 0 aromatic heterocycles. The average Bonchev–Trinajstić information content (AvgIpc) is 2.69. The molecule has 1 saturated heterocycles. The smallest absolute Gasteiger partial charge is 0.245 e. The predicted octanol–water partition coefficient (Wildman–Crippen LogP) is -1.01. The van der Waals surface area contributed by atoms with Gasteiger partial charge in [-0.05, 0) is 32.6 Å². The van der Waals surface area contributed by atoms with Gasteiger partial charge in [-0.2, -0.15) is 0 Å². The fourth-order valence-corrected chi connectivity index (χ4v) is 3.60. The maximum atomic E-state index is 12.8. The summed E-state index contributed by atoms with van der Waals surface area (Å²) < 4.78 is 0. The highest BCUT2D eigenvalue weighted by Crippen LogP contribution is 2.24. The Bertz CT molecular complexity index is 741. The van der Waals surface area contributed by atoms with Crippen LogP contribution in [0.25, 0.3) is 0 Å². The molecule has 0 bridgehead atoms. The average molecular weight is 470 g/mol. The summed E-state index contributed by atoms with van der Waals surface area (Å²) in [6.45, 7) is 8.32. The molecule has 1 rings (SSSR count). The van der Waals surface area contributed by atoms with Crippen molar-refractivity contribution in [2.75, 3.05) is 20.6 Å². The van der Waals surface area contributed by atoms with Gasteiger partial charge in [0.1, 0.15) is 18.1 Å². The van der Waals surface area contributed by atoms with Crippen molar-refractivity contribution in [3.8, 4) is 0 Å². The SMILES string of the molecule is CC(=O)N[C@@H](CC(C)C)C(=O)N[C@@H](C)C(=O)N[C@@H](C)C(=O)N1CC(O)[C@@H]1CCC(=O)N(C)C. The van der Waals surface area contributed by atoms with Crippen LogP contribution >= 0.6 is 0 Å². The number of nitrogens with zero attached hydrogens (tertiary/aromatic N) is 2. The maximum absolute atomic E-state index is 12.8. The normalized spacial score (nSPS) is 20.2. The lowest BCUT2D eigenvalue weighted by Crippen LogP contribution is -2.66. The van der Waals surface area contributed by atoms with E-state index in [2.05, 4.69) is 16.0 Å². The maximum Gasteiger partial charge on any atom is 0.245 e. The second kappa shape index (κ2) is 12.5. The van der Waals surface area contributed by atoms with Gasteiger partial charge < -0.3 is 30.9 Å². The molecule has 0 saturated carbocycles. The van der Waals surface area contributed by atoms with Crippen LogP contribution in [0.1, 0.15) is 53.9 Å². The van der Waals surface area contributed by atoms with Gasteiger partial charge >= 0.3 is 0 Å². The highest BCUT2D eigenvalue weighted by Gasteiger charge is 2.42. The van der Waals surface area contributed by atoms with E-state index in [4.69, 9.17) is 0 Å². The van der Waals surface area contributed by atoms with Crippen molar-refractivity contribution in [1.29, 1.82) is 0 Å². The Morgan fingerprint density at radius 3 is 2.03 bits per heavy atom. The van der Waals surface area contributed by atoms with Crippen molar-refractivity contribution in [2.45, 2.75) is 84.2 Å². The first kappa shape index (κ1) is 28.3. The van der Waals surface area contributed by atoms with E-state index in [1.165, 1.54) is 30.6 Å². The molecule has 0 aromatic carbocycles. The zero-order valence-electron chi connectivity index (χ0n) is 20.7. The van der Waals surface area contributed by atoms with E-state index in [-0.39, 0.29) is 36.6 Å². The summed E-state index contributed by atoms with van der Waals surface area (Å²) in [6, 6.07) is -3.04. The number of aliphatic hydroxyl groups is 1. The summed E-state index contributed by atoms with van der Waals surface area (Å²) in [7, 11) is 3.28. The number of likely N-dealkylation sites (tertiary alicyclic amines) is 1. The third kappa shape index (κ3) is 8.64. The Labute approximate surface area is 195 Å². The quantitative estimate of drug-likeness (QED) is 0.305. The van der Waals surface area contributed by atoms with Gasteiger partial charge in [-0.1, -0.05) is 13.8 Å². The molecule has 0 aliphatic carbocycles. The largest absolute Gasteiger partial charge is 0.389 e. The predicted molar refractivity (Wildman–Crippen MR) is 122 cm³/mol. The van der Waals surface area contributed by atoms with E-state index in [9.17, 15) is 29.1 Å². The molecule has 0 aromatic rings. The number of aliphatic hydroxyl groups excluding tert-OH is 1. The molecule has 33 heavy (non-hydrogen) atoms. The lowest BCUT2D eigenvalue weighted by molar-refractivity contribution is -0.155. The van der Waals surface area contributed by atoms with Crippen LogP contribution in [0.15, 0.2) is 0 Å². The second-order valence-corrected chi connectivity index (χ2v) is 9.30. The van der Waals surface area contributed by atoms with Crippen LogP contribution in [0.4, 0.5) is 0 Å². The lowest BCUT2D eigenvalue weighted by atomic mass is 9.93. The van der Waals surface area contributed by atoms with Gasteiger partial charge in [-0.25, -0.2) is 0 Å². The molecule has 5 atom stereocenters. The fourth-order valence-electron chi connectivity index (χ4n) is 3.60. The molecule has 4 N–H and O–H groups in total. The number of hydrogen-bond donors (Lipinski definition) is 4. The molecular weight excluding hydrogens is 430 g/mol. The molecule has 1 heterocycles. The Hall–Kier alpha value is -2.69. The van der Waals surface area contributed by atoms with E-state index in [0.29, 0.717) is 12.8 Å². The van der Waals surface area contributed by atoms with E-state index in [1.807, 2.05) is 13.8 Å². The van der Waals surface area contributed by atoms with Gasteiger partial charge in [0.15, 0.2) is 0 Å². The molecular formula is C22H39N5O6. The first-order valence-electron chi connectivity index (χ1n) is 11.3. The third-order valence-corrected chi connectivity index (χ3v) is 5.55. The molecule has 0 radical (unpaired) electrons. The van der Waals surface area contributed by atoms with Crippen molar-refractivity contribution in [3.63, 3.8) is 0 Å². The van der Waals surface area contributed by atoms with Crippen molar-refractivity contribution in [2.24, 2.45) is 5.92 Å². The summed E-state index contributed by atoms with van der Waals surface area (Å²) in [4.78, 5) is 63.9. The number of nitrogens with one attached hydrogen (secondary N) is 3. The van der Waals surface area contributed by atoms with Gasteiger partial charge in [-0.3, -0.25) is 24.0 Å². The molecule has 11 nitrogen and oxygen atoms in total. The summed E-state index contributed by atoms with van der Waals surface area (Å²) in [6.07, 6.45) is 0.242. The van der Waals surface area contributed by atoms with Crippen molar-refractivity contribution in [1.82, 2.24) is 25.8 Å². The number of carbonyl (C=O) groups excluding carboxylic acids is 5. The fraction of sp³-hybridized carbons (Fsp3) is 0.773. The van der Waals surface area contributed by atoms with Gasteiger partial charge in [-0.15, -0.1) is 0 Å². The monoisotopic (exact) mass is 469 g/mol. The number of rotatable bonds is 11. The van der Waals surface area contributed by atoms with Crippen LogP contribution in [-0.4, -0.2) is 95.4 Å². The molecule has 0 spiro atoms. The van der Waals surface area contributed by atoms with Gasteiger partial charge in [0.05, 0.1) is 12.1 Å². The molecule has 1 aliphatic rings. The van der Waals surface area contributed by atoms with Crippen LogP contribution in [0.5, 0.6) is 0 Å². The van der Waals surface area contributed by atoms with E-state index in [1.54, 1.807) is 14.1 Å². The summed E-state index contributed by atoms with van der Waals surface area (Å²) in [5.41, 5.74) is 0.